The van der Waals surface area contributed by atoms with Crippen molar-refractivity contribution in [1.29, 1.82) is 0 Å². The number of hydrogen-bond donors (Lipinski definition) is 2. The zero-order valence-corrected chi connectivity index (χ0v) is 12.6. The third-order valence-corrected chi connectivity index (χ3v) is 3.28. The lowest BCUT2D eigenvalue weighted by Gasteiger charge is -2.16. The second kappa shape index (κ2) is 6.95. The Hall–Kier alpha value is -2.53. The molecule has 114 valence electrons. The van der Waals surface area contributed by atoms with Gasteiger partial charge < -0.3 is 15.8 Å². The Morgan fingerprint density at radius 3 is 2.45 bits per heavy atom. The maximum atomic E-state index is 12.3. The Morgan fingerprint density at radius 2 is 1.86 bits per heavy atom. The number of rotatable bonds is 5. The van der Waals surface area contributed by atoms with E-state index in [0.717, 1.165) is 0 Å². The quantitative estimate of drug-likeness (QED) is 0.887. The first-order chi connectivity index (χ1) is 10.5. The number of amides is 2. The van der Waals surface area contributed by atoms with Crippen molar-refractivity contribution in [2.75, 3.05) is 7.11 Å². The van der Waals surface area contributed by atoms with Crippen molar-refractivity contribution in [3.05, 3.63) is 64.7 Å². The second-order valence-corrected chi connectivity index (χ2v) is 5.04. The summed E-state index contributed by atoms with van der Waals surface area (Å²) in [6.45, 7) is 0. The van der Waals surface area contributed by atoms with E-state index in [2.05, 4.69) is 5.32 Å². The summed E-state index contributed by atoms with van der Waals surface area (Å²) in [4.78, 5) is 23.9. The molecule has 0 heterocycles. The Bertz CT molecular complexity index is 689. The van der Waals surface area contributed by atoms with Crippen LogP contribution in [-0.2, 0) is 4.79 Å². The number of halogens is 1. The number of ether oxygens (including phenoxy) is 1. The molecule has 0 spiro atoms. The summed E-state index contributed by atoms with van der Waals surface area (Å²) in [6.07, 6.45) is 0. The normalized spacial score (nSPS) is 11.5. The molecule has 5 nitrogen and oxygen atoms in total. The molecule has 0 fully saturated rings. The number of methoxy groups -OCH3 is 1. The summed E-state index contributed by atoms with van der Waals surface area (Å²) in [5.74, 6) is -0.657. The summed E-state index contributed by atoms with van der Waals surface area (Å²) < 4.78 is 5.07. The van der Waals surface area contributed by atoms with Gasteiger partial charge in [-0.2, -0.15) is 0 Å². The van der Waals surface area contributed by atoms with Crippen LogP contribution in [0.15, 0.2) is 48.5 Å². The van der Waals surface area contributed by atoms with Gasteiger partial charge in [0, 0.05) is 10.6 Å². The second-order valence-electron chi connectivity index (χ2n) is 4.60. The Kier molecular flexibility index (Phi) is 5.01. The lowest BCUT2D eigenvalue weighted by Crippen LogP contribution is -2.37. The van der Waals surface area contributed by atoms with Gasteiger partial charge in [-0.3, -0.25) is 9.59 Å². The van der Waals surface area contributed by atoms with Crippen molar-refractivity contribution in [3.63, 3.8) is 0 Å². The molecule has 6 heteroatoms. The van der Waals surface area contributed by atoms with Crippen LogP contribution in [0.25, 0.3) is 0 Å². The minimum atomic E-state index is -0.918. The average molecular weight is 319 g/mol. The van der Waals surface area contributed by atoms with Crippen LogP contribution in [0.1, 0.15) is 22.0 Å². The lowest BCUT2D eigenvalue weighted by atomic mass is 10.1. The number of carbonyl (C=O) groups is 2. The lowest BCUT2D eigenvalue weighted by molar-refractivity contribution is -0.120. The predicted octanol–water partition coefficient (Wildman–Crippen LogP) is 2.30. The summed E-state index contributed by atoms with van der Waals surface area (Å²) in [6, 6.07) is 12.5. The maximum absolute atomic E-state index is 12.3. The van der Waals surface area contributed by atoms with Crippen LogP contribution >= 0.6 is 11.6 Å². The first kappa shape index (κ1) is 15.9. The minimum absolute atomic E-state index is 0.284. The molecule has 0 aliphatic rings. The Balaban J connectivity index is 2.26. The highest BCUT2D eigenvalue weighted by Crippen LogP contribution is 2.21. The maximum Gasteiger partial charge on any atom is 0.252 e. The van der Waals surface area contributed by atoms with Crippen molar-refractivity contribution in [2.45, 2.75) is 6.04 Å². The number of nitrogens with two attached hydrogens (primary N) is 1. The number of nitrogens with one attached hydrogen (secondary N) is 1. The van der Waals surface area contributed by atoms with Gasteiger partial charge in [-0.25, -0.2) is 0 Å². The topological polar surface area (TPSA) is 81.4 Å². The van der Waals surface area contributed by atoms with E-state index in [1.165, 1.54) is 19.2 Å². The highest BCUT2D eigenvalue weighted by molar-refractivity contribution is 6.31. The van der Waals surface area contributed by atoms with Gasteiger partial charge in [0.2, 0.25) is 5.91 Å². The van der Waals surface area contributed by atoms with E-state index in [-0.39, 0.29) is 5.56 Å². The molecule has 2 aromatic carbocycles. The van der Waals surface area contributed by atoms with Gasteiger partial charge in [0.15, 0.2) is 0 Å². The molecule has 0 aliphatic carbocycles. The molecule has 0 saturated heterocycles. The first-order valence-electron chi connectivity index (χ1n) is 6.51. The van der Waals surface area contributed by atoms with E-state index in [4.69, 9.17) is 22.1 Å². The zero-order chi connectivity index (χ0) is 16.1. The Labute approximate surface area is 133 Å². The molecule has 1 unspecified atom stereocenters. The van der Waals surface area contributed by atoms with Crippen molar-refractivity contribution < 1.29 is 14.3 Å². The minimum Gasteiger partial charge on any atom is -0.497 e. The molecule has 2 aromatic rings. The summed E-state index contributed by atoms with van der Waals surface area (Å²) >= 11 is 5.94. The van der Waals surface area contributed by atoms with Gasteiger partial charge in [0.25, 0.3) is 5.91 Å². The van der Waals surface area contributed by atoms with Crippen LogP contribution in [0, 0.1) is 0 Å². The fraction of sp³-hybridized carbons (Fsp3) is 0.125. The van der Waals surface area contributed by atoms with Crippen molar-refractivity contribution in [1.82, 2.24) is 5.32 Å². The standard InChI is InChI=1S/C16H15ClN2O3/c1-22-13-8-11(7-12(17)9-13)16(21)19-14(15(18)20)10-5-3-2-4-6-10/h2-9,14H,1H3,(H2,18,20)(H,19,21). The van der Waals surface area contributed by atoms with Gasteiger partial charge in [0.05, 0.1) is 7.11 Å². The van der Waals surface area contributed by atoms with Crippen LogP contribution in [0.3, 0.4) is 0 Å². The van der Waals surface area contributed by atoms with E-state index < -0.39 is 17.9 Å². The van der Waals surface area contributed by atoms with Crippen LogP contribution in [0.4, 0.5) is 0 Å². The van der Waals surface area contributed by atoms with Gasteiger partial charge in [-0.15, -0.1) is 0 Å². The zero-order valence-electron chi connectivity index (χ0n) is 11.9. The molecular weight excluding hydrogens is 304 g/mol. The van der Waals surface area contributed by atoms with E-state index >= 15 is 0 Å². The van der Waals surface area contributed by atoms with Crippen molar-refractivity contribution >= 4 is 23.4 Å². The van der Waals surface area contributed by atoms with Crippen molar-refractivity contribution in [2.24, 2.45) is 5.73 Å². The largest absolute Gasteiger partial charge is 0.497 e. The highest BCUT2D eigenvalue weighted by Gasteiger charge is 2.21. The van der Waals surface area contributed by atoms with E-state index in [1.54, 1.807) is 30.3 Å². The molecular formula is C16H15ClN2O3. The van der Waals surface area contributed by atoms with Crippen LogP contribution in [-0.4, -0.2) is 18.9 Å². The highest BCUT2D eigenvalue weighted by atomic mass is 35.5. The number of benzene rings is 2. The van der Waals surface area contributed by atoms with Crippen LogP contribution in [0.2, 0.25) is 5.02 Å². The van der Waals surface area contributed by atoms with E-state index in [9.17, 15) is 9.59 Å². The molecule has 0 aromatic heterocycles. The summed E-state index contributed by atoms with van der Waals surface area (Å²) in [5.41, 5.74) is 6.27. The predicted molar refractivity (Wildman–Crippen MR) is 83.8 cm³/mol. The fourth-order valence-electron chi connectivity index (χ4n) is 1.99. The molecule has 2 rings (SSSR count). The SMILES string of the molecule is COc1cc(Cl)cc(C(=O)NC(C(N)=O)c2ccccc2)c1. The monoisotopic (exact) mass is 318 g/mol. The number of primary amides is 1. The van der Waals surface area contributed by atoms with Crippen LogP contribution in [0.5, 0.6) is 5.75 Å². The third kappa shape index (κ3) is 3.77. The molecule has 0 aliphatic heterocycles. The number of carbonyl (C=O) groups excluding carboxylic acids is 2. The molecule has 1 atom stereocenters. The van der Waals surface area contributed by atoms with Gasteiger partial charge in [-0.05, 0) is 23.8 Å². The molecule has 0 saturated carbocycles. The molecule has 0 radical (unpaired) electrons. The molecule has 22 heavy (non-hydrogen) atoms. The van der Waals surface area contributed by atoms with Gasteiger partial charge >= 0.3 is 0 Å². The van der Waals surface area contributed by atoms with E-state index in [1.807, 2.05) is 6.07 Å². The fourth-order valence-corrected chi connectivity index (χ4v) is 2.22. The molecule has 2 amide bonds. The van der Waals surface area contributed by atoms with Gasteiger partial charge in [-0.1, -0.05) is 41.9 Å². The smallest absolute Gasteiger partial charge is 0.252 e. The number of hydrogen-bond acceptors (Lipinski definition) is 3. The van der Waals surface area contributed by atoms with Crippen LogP contribution < -0.4 is 15.8 Å². The summed E-state index contributed by atoms with van der Waals surface area (Å²) in [7, 11) is 1.48. The molecule has 3 N–H and O–H groups in total. The third-order valence-electron chi connectivity index (χ3n) is 3.06. The average Bonchev–Trinajstić information content (AvgIpc) is 2.52. The molecule has 0 bridgehead atoms. The Morgan fingerprint density at radius 1 is 1.18 bits per heavy atom. The van der Waals surface area contributed by atoms with Crippen molar-refractivity contribution in [3.8, 4) is 5.75 Å². The van der Waals surface area contributed by atoms with Gasteiger partial charge in [0.1, 0.15) is 11.8 Å². The van der Waals surface area contributed by atoms with E-state index in [0.29, 0.717) is 16.3 Å². The first-order valence-corrected chi connectivity index (χ1v) is 6.89. The summed E-state index contributed by atoms with van der Waals surface area (Å²) in [5, 5.41) is 2.96.